The van der Waals surface area contributed by atoms with E-state index in [9.17, 15) is 18.0 Å². The number of rotatable bonds is 4. The van der Waals surface area contributed by atoms with Crippen molar-refractivity contribution in [3.63, 3.8) is 0 Å². The van der Waals surface area contributed by atoms with Crippen LogP contribution >= 0.6 is 8.38 Å². The summed E-state index contributed by atoms with van der Waals surface area (Å²) in [6, 6.07) is 8.44. The van der Waals surface area contributed by atoms with E-state index in [0.29, 0.717) is 48.2 Å². The summed E-state index contributed by atoms with van der Waals surface area (Å²) in [5.74, 6) is -0.904. The van der Waals surface area contributed by atoms with E-state index in [1.54, 1.807) is 35.3 Å². The number of nitrogens with one attached hydrogen (secondary N) is 3. The number of benzene rings is 1. The summed E-state index contributed by atoms with van der Waals surface area (Å²) in [6.45, 7) is 8.91. The highest BCUT2D eigenvalue weighted by Gasteiger charge is 2.36. The fourth-order valence-electron chi connectivity index (χ4n) is 4.75. The number of hydrogen-bond acceptors (Lipinski definition) is 10. The van der Waals surface area contributed by atoms with E-state index in [2.05, 4.69) is 49.8 Å². The fraction of sp³-hybridized carbons (Fsp3) is 0.387. The maximum Gasteiger partial charge on any atom is 0.421 e. The predicted octanol–water partition coefficient (Wildman–Crippen LogP) is 6.90. The van der Waals surface area contributed by atoms with Gasteiger partial charge in [0.1, 0.15) is 17.1 Å². The second-order valence-electron chi connectivity index (χ2n) is 11.9. The first-order valence-corrected chi connectivity index (χ1v) is 16.1. The van der Waals surface area contributed by atoms with Gasteiger partial charge in [0.15, 0.2) is 14.1 Å². The van der Waals surface area contributed by atoms with Crippen LogP contribution in [-0.2, 0) is 27.9 Å². The molecule has 4 aliphatic heterocycles. The van der Waals surface area contributed by atoms with Crippen LogP contribution in [0.25, 0.3) is 11.3 Å². The maximum absolute atomic E-state index is 14.1. The van der Waals surface area contributed by atoms with Crippen molar-refractivity contribution in [3.05, 3.63) is 65.7 Å². The number of methoxy groups -OCH3 is 1. The highest BCUT2D eigenvalue weighted by Crippen LogP contribution is 2.46. The Bertz CT molecular complexity index is 1750. The summed E-state index contributed by atoms with van der Waals surface area (Å²) in [5, 5.41) is 12.6. The van der Waals surface area contributed by atoms with Crippen LogP contribution in [0.4, 0.5) is 36.3 Å². The minimum Gasteiger partial charge on any atom is -0.495 e. The highest BCUT2D eigenvalue weighted by atomic mass is 31.2. The molecule has 47 heavy (non-hydrogen) atoms. The summed E-state index contributed by atoms with van der Waals surface area (Å²) < 4.78 is 62.2. The van der Waals surface area contributed by atoms with Gasteiger partial charge in [0, 0.05) is 43.1 Å². The van der Waals surface area contributed by atoms with Gasteiger partial charge in [-0.15, -0.1) is 0 Å². The number of amides is 1. The number of halogens is 3. The van der Waals surface area contributed by atoms with Crippen molar-refractivity contribution in [3.8, 4) is 17.0 Å². The van der Waals surface area contributed by atoms with E-state index < -0.39 is 31.8 Å². The zero-order valence-corrected chi connectivity index (χ0v) is 27.7. The molecule has 250 valence electrons. The zero-order valence-electron chi connectivity index (χ0n) is 26.8. The Labute approximate surface area is 271 Å². The first-order chi connectivity index (χ1) is 22.2. The van der Waals surface area contributed by atoms with Gasteiger partial charge in [-0.05, 0) is 43.7 Å². The van der Waals surface area contributed by atoms with E-state index in [1.165, 1.54) is 20.2 Å². The fourth-order valence-corrected chi connectivity index (χ4v) is 6.44. The summed E-state index contributed by atoms with van der Waals surface area (Å²) in [5.41, 5.74) is 0.732. The molecule has 1 unspecified atom stereocenters. The predicted molar refractivity (Wildman–Crippen MR) is 172 cm³/mol. The van der Waals surface area contributed by atoms with Gasteiger partial charge in [0.05, 0.1) is 43.1 Å². The average molecular weight is 673 g/mol. The Hall–Kier alpha value is -4.33. The van der Waals surface area contributed by atoms with Gasteiger partial charge in [0.25, 0.3) is 5.91 Å². The average Bonchev–Trinajstić information content (AvgIpc) is 3.47. The van der Waals surface area contributed by atoms with Crippen molar-refractivity contribution in [2.24, 2.45) is 5.41 Å². The minimum atomic E-state index is -4.80. The molecule has 8 bridgehead atoms. The van der Waals surface area contributed by atoms with Gasteiger partial charge in [-0.3, -0.25) is 9.48 Å². The molecule has 4 aromatic rings. The lowest BCUT2D eigenvalue weighted by molar-refractivity contribution is -0.137. The topological polar surface area (TPSA) is 137 Å². The summed E-state index contributed by atoms with van der Waals surface area (Å²) in [6.07, 6.45) is -0.314. The number of pyridine rings is 1. The summed E-state index contributed by atoms with van der Waals surface area (Å²) in [7, 11) is 1.55. The van der Waals surface area contributed by atoms with Crippen LogP contribution in [0.1, 0.15) is 49.3 Å². The monoisotopic (exact) mass is 672 g/mol. The first kappa shape index (κ1) is 34.0. The number of nitrogens with zero attached hydrogens (tertiary/aromatic N) is 5. The molecule has 0 fully saturated rings. The molecule has 3 aromatic heterocycles. The maximum atomic E-state index is 14.1. The van der Waals surface area contributed by atoms with Crippen LogP contribution in [0, 0.1) is 5.41 Å². The van der Waals surface area contributed by atoms with E-state index in [-0.39, 0.29) is 28.8 Å². The largest absolute Gasteiger partial charge is 0.495 e. The third-order valence-corrected chi connectivity index (χ3v) is 8.65. The molecule has 0 radical (unpaired) electrons. The van der Waals surface area contributed by atoms with Gasteiger partial charge in [-0.2, -0.15) is 23.3 Å². The molecule has 0 saturated carbocycles. The summed E-state index contributed by atoms with van der Waals surface area (Å²) >= 11 is 0. The number of anilines is 4. The molecule has 1 amide bonds. The second-order valence-corrected chi connectivity index (χ2v) is 13.4. The van der Waals surface area contributed by atoms with Gasteiger partial charge < -0.3 is 29.7 Å². The molecular formula is C31H36F3N8O4P. The Kier molecular flexibility index (Phi) is 9.99. The number of alkyl halides is 3. The van der Waals surface area contributed by atoms with E-state index >= 15 is 0 Å². The molecule has 8 rings (SSSR count). The van der Waals surface area contributed by atoms with E-state index in [4.69, 9.17) is 13.8 Å². The van der Waals surface area contributed by atoms with Crippen LogP contribution in [0.2, 0.25) is 0 Å². The molecule has 16 heteroatoms. The molecule has 0 saturated heterocycles. The van der Waals surface area contributed by atoms with Crippen molar-refractivity contribution in [2.75, 3.05) is 31.4 Å². The molecule has 7 heterocycles. The van der Waals surface area contributed by atoms with Crippen LogP contribution in [0.5, 0.6) is 5.75 Å². The second kappa shape index (κ2) is 13.8. The van der Waals surface area contributed by atoms with Gasteiger partial charge >= 0.3 is 6.18 Å². The highest BCUT2D eigenvalue weighted by molar-refractivity contribution is 7.46. The van der Waals surface area contributed by atoms with Gasteiger partial charge in [-0.1, -0.05) is 19.9 Å². The quantitative estimate of drug-likeness (QED) is 0.196. The van der Waals surface area contributed by atoms with Crippen LogP contribution in [0.3, 0.4) is 0 Å². The number of hydrogen-bond donors (Lipinski definition) is 3. The lowest BCUT2D eigenvalue weighted by Gasteiger charge is -2.28. The third kappa shape index (κ3) is 8.34. The number of carbonyl (C=O) groups is 1. The van der Waals surface area contributed by atoms with Crippen LogP contribution in [0.15, 0.2) is 48.9 Å². The molecular weight excluding hydrogens is 636 g/mol. The molecule has 1 atom stereocenters. The SMILES string of the molecule is CNC(=O)c1nc2ccc1Nc1nc(ncc1C(F)(F)F)Nc1ccc(cc1OC)CP(OC(C)C)OCC(C)(C)Cn1cc-2cn1. The lowest BCUT2D eigenvalue weighted by Crippen LogP contribution is -2.25. The third-order valence-electron chi connectivity index (χ3n) is 6.96. The van der Waals surface area contributed by atoms with Gasteiger partial charge in [0.2, 0.25) is 5.95 Å². The van der Waals surface area contributed by atoms with E-state index in [0.717, 1.165) is 5.56 Å². The Balaban J connectivity index is 1.63. The Morgan fingerprint density at radius 2 is 1.89 bits per heavy atom. The molecule has 12 nitrogen and oxygen atoms in total. The van der Waals surface area contributed by atoms with Crippen molar-refractivity contribution >= 4 is 37.4 Å². The standard InChI is InChI=1S/C31H36F3N8O4P/c1-18(2)46-47-15-19-7-8-23(25(11-19)44-6)40-29-36-13-21(31(32,33)34)27(41-29)39-24-10-9-22(38-26(24)28(43)35-5)20-12-37-42(14-20)16-30(3,4)17-45-47/h7-14,18H,15-17H2,1-6H3,(H,35,43)(H2,36,39,40,41). The van der Waals surface area contributed by atoms with E-state index in [1.807, 2.05) is 19.9 Å². The first-order valence-electron chi connectivity index (χ1n) is 14.7. The number of aromatic nitrogens is 5. The van der Waals surface area contributed by atoms with Crippen molar-refractivity contribution in [2.45, 2.75) is 52.7 Å². The molecule has 1 aromatic carbocycles. The summed E-state index contributed by atoms with van der Waals surface area (Å²) in [4.78, 5) is 25.5. The van der Waals surface area contributed by atoms with Crippen molar-refractivity contribution in [1.82, 2.24) is 30.0 Å². The Morgan fingerprint density at radius 3 is 2.60 bits per heavy atom. The zero-order chi connectivity index (χ0) is 33.9. The molecule has 0 spiro atoms. The smallest absolute Gasteiger partial charge is 0.421 e. The molecule has 0 aliphatic carbocycles. The van der Waals surface area contributed by atoms with Crippen molar-refractivity contribution in [1.29, 1.82) is 0 Å². The Morgan fingerprint density at radius 1 is 1.13 bits per heavy atom. The minimum absolute atomic E-state index is 0.0121. The molecule has 3 N–H and O–H groups in total. The van der Waals surface area contributed by atoms with Crippen molar-refractivity contribution < 1.29 is 31.8 Å². The van der Waals surface area contributed by atoms with Crippen LogP contribution < -0.4 is 20.7 Å². The normalized spacial score (nSPS) is 16.5. The van der Waals surface area contributed by atoms with Crippen LogP contribution in [-0.4, -0.2) is 57.5 Å². The number of ether oxygens (including phenoxy) is 1. The molecule has 4 aliphatic rings. The van der Waals surface area contributed by atoms with Gasteiger partial charge in [-0.25, -0.2) is 9.97 Å². The lowest BCUT2D eigenvalue weighted by atomic mass is 9.95. The number of carbonyl (C=O) groups excluding carboxylic acids is 1.